The number of hydrogen-bond donors (Lipinski definition) is 0. The monoisotopic (exact) mass is 368 g/mol. The molecule has 0 spiro atoms. The van der Waals surface area contributed by atoms with Gasteiger partial charge >= 0.3 is 0 Å². The summed E-state index contributed by atoms with van der Waals surface area (Å²) in [5, 5.41) is 0. The van der Waals surface area contributed by atoms with Crippen molar-refractivity contribution < 1.29 is 13.2 Å². The highest BCUT2D eigenvalue weighted by atomic mass is 79.9. The van der Waals surface area contributed by atoms with E-state index in [1.807, 2.05) is 0 Å². The van der Waals surface area contributed by atoms with E-state index < -0.39 is 10.0 Å². The molecule has 0 unspecified atom stereocenters. The second kappa shape index (κ2) is 5.75. The third-order valence-electron chi connectivity index (χ3n) is 3.22. The van der Waals surface area contributed by atoms with Gasteiger partial charge in [0.05, 0.1) is 18.0 Å². The number of benzene rings is 1. The summed E-state index contributed by atoms with van der Waals surface area (Å²) in [5.41, 5.74) is 0. The van der Waals surface area contributed by atoms with E-state index in [-0.39, 0.29) is 6.10 Å². The summed E-state index contributed by atoms with van der Waals surface area (Å²) in [7, 11) is -3.42. The van der Waals surface area contributed by atoms with E-state index in [1.54, 1.807) is 48.8 Å². The minimum atomic E-state index is -3.42. The van der Waals surface area contributed by atoms with Gasteiger partial charge < -0.3 is 4.74 Å². The molecule has 0 saturated carbocycles. The molecule has 0 aliphatic carbocycles. The van der Waals surface area contributed by atoms with Crippen LogP contribution in [0.2, 0.25) is 0 Å². The van der Waals surface area contributed by atoms with Crippen molar-refractivity contribution in [2.45, 2.75) is 11.0 Å². The second-order valence-electron chi connectivity index (χ2n) is 4.70. The summed E-state index contributed by atoms with van der Waals surface area (Å²) in [6, 6.07) is 10.1. The lowest BCUT2D eigenvalue weighted by Crippen LogP contribution is -2.55. The van der Waals surface area contributed by atoms with Crippen molar-refractivity contribution in [1.29, 1.82) is 0 Å². The van der Waals surface area contributed by atoms with Crippen molar-refractivity contribution >= 4 is 26.0 Å². The first kappa shape index (κ1) is 14.5. The molecule has 1 fully saturated rings. The number of aromatic nitrogens is 1. The Balaban J connectivity index is 1.64. The van der Waals surface area contributed by atoms with Crippen LogP contribution in [0.1, 0.15) is 0 Å². The van der Waals surface area contributed by atoms with Gasteiger partial charge in [0.2, 0.25) is 10.0 Å². The molecule has 3 rings (SSSR count). The molecule has 21 heavy (non-hydrogen) atoms. The van der Waals surface area contributed by atoms with Crippen LogP contribution < -0.4 is 4.74 Å². The summed E-state index contributed by atoms with van der Waals surface area (Å²) in [4.78, 5) is 4.21. The van der Waals surface area contributed by atoms with Crippen molar-refractivity contribution in [1.82, 2.24) is 9.29 Å². The van der Waals surface area contributed by atoms with Crippen LogP contribution in [0.25, 0.3) is 0 Å². The highest BCUT2D eigenvalue weighted by Gasteiger charge is 2.38. The van der Waals surface area contributed by atoms with Gasteiger partial charge in [-0.25, -0.2) is 8.42 Å². The van der Waals surface area contributed by atoms with E-state index >= 15 is 0 Å². The van der Waals surface area contributed by atoms with E-state index in [2.05, 4.69) is 20.9 Å². The molecular weight excluding hydrogens is 356 g/mol. The van der Waals surface area contributed by atoms with Gasteiger partial charge in [0.1, 0.15) is 11.9 Å². The van der Waals surface area contributed by atoms with Crippen molar-refractivity contribution in [3.05, 3.63) is 53.3 Å². The van der Waals surface area contributed by atoms with Gasteiger partial charge in [0.15, 0.2) is 0 Å². The molecule has 0 N–H and O–H groups in total. The zero-order valence-electron chi connectivity index (χ0n) is 11.0. The number of pyridine rings is 1. The van der Waals surface area contributed by atoms with Gasteiger partial charge in [0, 0.05) is 16.9 Å². The van der Waals surface area contributed by atoms with Gasteiger partial charge in [-0.05, 0) is 36.4 Å². The van der Waals surface area contributed by atoms with Crippen LogP contribution >= 0.6 is 15.9 Å². The predicted molar refractivity (Wildman–Crippen MR) is 81.6 cm³/mol. The van der Waals surface area contributed by atoms with Gasteiger partial charge in [-0.1, -0.05) is 15.9 Å². The molecule has 2 aromatic rings. The molecular formula is C14H13BrN2O3S. The van der Waals surface area contributed by atoms with Crippen LogP contribution in [0.15, 0.2) is 58.2 Å². The lowest BCUT2D eigenvalue weighted by Gasteiger charge is -2.37. The lowest BCUT2D eigenvalue weighted by molar-refractivity contribution is 0.0761. The Labute approximate surface area is 131 Å². The summed E-state index contributed by atoms with van der Waals surface area (Å²) >= 11 is 3.29. The molecule has 7 heteroatoms. The lowest BCUT2D eigenvalue weighted by atomic mass is 10.2. The number of sulfonamides is 1. The molecule has 110 valence electrons. The maximum absolute atomic E-state index is 12.4. The molecule has 0 radical (unpaired) electrons. The topological polar surface area (TPSA) is 59.5 Å². The van der Waals surface area contributed by atoms with Crippen LogP contribution in [0, 0.1) is 0 Å². The fourth-order valence-electron chi connectivity index (χ4n) is 2.04. The van der Waals surface area contributed by atoms with Crippen LogP contribution in [0.4, 0.5) is 0 Å². The van der Waals surface area contributed by atoms with Crippen LogP contribution in [-0.4, -0.2) is 36.9 Å². The maximum atomic E-state index is 12.4. The van der Waals surface area contributed by atoms with Gasteiger partial charge in [-0.3, -0.25) is 4.98 Å². The van der Waals surface area contributed by atoms with Crippen molar-refractivity contribution in [2.75, 3.05) is 13.1 Å². The van der Waals surface area contributed by atoms with Crippen LogP contribution in [0.5, 0.6) is 5.75 Å². The van der Waals surface area contributed by atoms with Crippen molar-refractivity contribution in [3.8, 4) is 5.75 Å². The minimum absolute atomic E-state index is 0.113. The Kier molecular flexibility index (Phi) is 3.97. The Morgan fingerprint density at radius 2 is 1.71 bits per heavy atom. The Morgan fingerprint density at radius 3 is 2.33 bits per heavy atom. The molecule has 1 saturated heterocycles. The summed E-state index contributed by atoms with van der Waals surface area (Å²) in [6.07, 6.45) is 3.17. The van der Waals surface area contributed by atoms with Crippen molar-refractivity contribution in [2.24, 2.45) is 0 Å². The minimum Gasteiger partial charge on any atom is -0.488 e. The highest BCUT2D eigenvalue weighted by molar-refractivity contribution is 9.10. The molecule has 0 atom stereocenters. The smallest absolute Gasteiger partial charge is 0.243 e. The third-order valence-corrected chi connectivity index (χ3v) is 5.59. The standard InChI is InChI=1S/C14H13BrN2O3S/c15-11-1-3-14(4-2-11)21(18,19)17-9-13(10-17)20-12-5-7-16-8-6-12/h1-8,13H,9-10H2. The van der Waals surface area contributed by atoms with Crippen LogP contribution in [0.3, 0.4) is 0 Å². The fraction of sp³-hybridized carbons (Fsp3) is 0.214. The molecule has 2 heterocycles. The largest absolute Gasteiger partial charge is 0.488 e. The van der Waals surface area contributed by atoms with E-state index in [9.17, 15) is 8.42 Å². The fourth-order valence-corrected chi connectivity index (χ4v) is 3.80. The molecule has 5 nitrogen and oxygen atoms in total. The highest BCUT2D eigenvalue weighted by Crippen LogP contribution is 2.25. The first-order valence-corrected chi connectivity index (χ1v) is 8.61. The summed E-state index contributed by atoms with van der Waals surface area (Å²) < 4.78 is 32.7. The van der Waals surface area contributed by atoms with E-state index in [1.165, 1.54) is 4.31 Å². The SMILES string of the molecule is O=S(=O)(c1ccc(Br)cc1)N1CC(Oc2ccncc2)C1. The van der Waals surface area contributed by atoms with E-state index in [4.69, 9.17) is 4.74 Å². The Morgan fingerprint density at radius 1 is 1.10 bits per heavy atom. The predicted octanol–water partition coefficient (Wildman–Crippen LogP) is 2.30. The molecule has 1 aliphatic rings. The van der Waals surface area contributed by atoms with Crippen molar-refractivity contribution in [3.63, 3.8) is 0 Å². The quantitative estimate of drug-likeness (QED) is 0.830. The Hall–Kier alpha value is -1.44. The third kappa shape index (κ3) is 3.09. The molecule has 1 aromatic heterocycles. The number of rotatable bonds is 4. The van der Waals surface area contributed by atoms with Gasteiger partial charge in [-0.15, -0.1) is 0 Å². The number of ether oxygens (including phenoxy) is 1. The first-order chi connectivity index (χ1) is 10.1. The van der Waals surface area contributed by atoms with Gasteiger partial charge in [0.25, 0.3) is 0 Å². The van der Waals surface area contributed by atoms with Gasteiger partial charge in [-0.2, -0.15) is 4.31 Å². The number of nitrogens with zero attached hydrogens (tertiary/aromatic N) is 2. The zero-order chi connectivity index (χ0) is 14.9. The molecule has 1 aliphatic heterocycles. The average Bonchev–Trinajstić information content (AvgIpc) is 2.44. The molecule has 0 bridgehead atoms. The second-order valence-corrected chi connectivity index (χ2v) is 7.55. The average molecular weight is 369 g/mol. The molecule has 0 amide bonds. The normalized spacial score (nSPS) is 16.4. The summed E-state index contributed by atoms with van der Waals surface area (Å²) in [6.45, 7) is 0.724. The molecule has 1 aromatic carbocycles. The van der Waals surface area contributed by atoms with E-state index in [0.29, 0.717) is 23.7 Å². The number of hydrogen-bond acceptors (Lipinski definition) is 4. The first-order valence-electron chi connectivity index (χ1n) is 6.38. The number of halogens is 1. The van der Waals surface area contributed by atoms with Crippen LogP contribution in [-0.2, 0) is 10.0 Å². The zero-order valence-corrected chi connectivity index (χ0v) is 13.4. The summed E-state index contributed by atoms with van der Waals surface area (Å²) in [5.74, 6) is 0.704. The van der Waals surface area contributed by atoms with E-state index in [0.717, 1.165) is 4.47 Å². The maximum Gasteiger partial charge on any atom is 0.243 e. The Bertz CT molecular complexity index is 714.